The molecule has 1 aliphatic carbocycles. The van der Waals surface area contributed by atoms with Crippen molar-refractivity contribution in [2.45, 2.75) is 25.9 Å². The van der Waals surface area contributed by atoms with Crippen LogP contribution in [-0.4, -0.2) is 17.3 Å². The summed E-state index contributed by atoms with van der Waals surface area (Å²) in [6.07, 6.45) is 3.61. The van der Waals surface area contributed by atoms with Gasteiger partial charge in [-0.15, -0.1) is 0 Å². The van der Waals surface area contributed by atoms with Crippen LogP contribution in [0, 0.1) is 0 Å². The van der Waals surface area contributed by atoms with E-state index in [2.05, 4.69) is 24.3 Å². The summed E-state index contributed by atoms with van der Waals surface area (Å²) in [6, 6.07) is 15.6. The van der Waals surface area contributed by atoms with E-state index in [-0.39, 0.29) is 11.7 Å². The molecular weight excluding hydrogens is 352 g/mol. The van der Waals surface area contributed by atoms with Crippen LogP contribution in [0.2, 0.25) is 0 Å². The van der Waals surface area contributed by atoms with Crippen LogP contribution in [0.15, 0.2) is 59.5 Å². The number of hydrogen-bond acceptors (Lipinski definition) is 4. The topological polar surface area (TPSA) is 66.5 Å². The van der Waals surface area contributed by atoms with Gasteiger partial charge in [0.05, 0.1) is 6.61 Å². The Kier molecular flexibility index (Phi) is 4.82. The second-order valence-electron chi connectivity index (χ2n) is 7.11. The molecule has 144 valence electrons. The molecule has 0 saturated carbocycles. The van der Waals surface area contributed by atoms with Crippen molar-refractivity contribution in [1.29, 1.82) is 0 Å². The van der Waals surface area contributed by atoms with Crippen LogP contribution < -0.4 is 20.8 Å². The van der Waals surface area contributed by atoms with Crippen LogP contribution in [0.4, 0.5) is 5.69 Å². The lowest BCUT2D eigenvalue weighted by atomic mass is 10.0. The largest absolute Gasteiger partial charge is 0.493 e. The standard InChI is InChI=1S/C23H24N2O3/c1-3-27-22-13-23(26)25(2)14-20(22)19-12-17(24)8-9-21(19)28-18-10-15-6-4-5-7-16(15)11-18/h4-9,12-14,18H,3,10-11,24H2,1-2H3. The van der Waals surface area contributed by atoms with Crippen molar-refractivity contribution in [3.8, 4) is 22.6 Å². The first kappa shape index (κ1) is 18.2. The second kappa shape index (κ2) is 7.43. The van der Waals surface area contributed by atoms with Gasteiger partial charge in [-0.3, -0.25) is 4.79 Å². The summed E-state index contributed by atoms with van der Waals surface area (Å²) in [6.45, 7) is 2.37. The third-order valence-electron chi connectivity index (χ3n) is 5.09. The Bertz CT molecular complexity index is 1050. The highest BCUT2D eigenvalue weighted by molar-refractivity contribution is 5.78. The molecule has 0 amide bonds. The molecule has 5 nitrogen and oxygen atoms in total. The van der Waals surface area contributed by atoms with Crippen molar-refractivity contribution in [2.24, 2.45) is 7.05 Å². The Labute approximate surface area is 164 Å². The van der Waals surface area contributed by atoms with Crippen molar-refractivity contribution >= 4 is 5.69 Å². The number of aryl methyl sites for hydroxylation is 1. The molecule has 5 heteroatoms. The molecule has 1 aliphatic rings. The molecule has 2 N–H and O–H groups in total. The third-order valence-corrected chi connectivity index (χ3v) is 5.09. The van der Waals surface area contributed by atoms with E-state index >= 15 is 0 Å². The van der Waals surface area contributed by atoms with E-state index in [1.807, 2.05) is 25.1 Å². The van der Waals surface area contributed by atoms with E-state index in [9.17, 15) is 4.79 Å². The number of nitrogen functional groups attached to an aromatic ring is 1. The molecule has 28 heavy (non-hydrogen) atoms. The molecule has 1 aromatic heterocycles. The Morgan fingerprint density at radius 1 is 1.04 bits per heavy atom. The molecule has 3 aromatic rings. The molecule has 0 atom stereocenters. The predicted octanol–water partition coefficient (Wildman–Crippen LogP) is 3.58. The number of anilines is 1. The number of pyridine rings is 1. The quantitative estimate of drug-likeness (QED) is 0.691. The fraction of sp³-hybridized carbons (Fsp3) is 0.261. The Balaban J connectivity index is 1.72. The number of fused-ring (bicyclic) bond motifs is 1. The molecule has 4 rings (SSSR count). The van der Waals surface area contributed by atoms with Crippen molar-refractivity contribution in [1.82, 2.24) is 4.57 Å². The maximum atomic E-state index is 12.1. The number of nitrogens with zero attached hydrogens (tertiary/aromatic N) is 1. The van der Waals surface area contributed by atoms with Crippen molar-refractivity contribution in [3.63, 3.8) is 0 Å². The van der Waals surface area contributed by atoms with E-state index in [0.29, 0.717) is 18.0 Å². The number of ether oxygens (including phenoxy) is 2. The fourth-order valence-corrected chi connectivity index (χ4v) is 3.73. The van der Waals surface area contributed by atoms with Gasteiger partial charge in [-0.2, -0.15) is 0 Å². The zero-order valence-electron chi connectivity index (χ0n) is 16.1. The minimum Gasteiger partial charge on any atom is -0.493 e. The Morgan fingerprint density at radius 3 is 2.43 bits per heavy atom. The van der Waals surface area contributed by atoms with Gasteiger partial charge in [-0.25, -0.2) is 0 Å². The molecule has 0 bridgehead atoms. The summed E-state index contributed by atoms with van der Waals surface area (Å²) < 4.78 is 13.7. The van der Waals surface area contributed by atoms with E-state index in [1.54, 1.807) is 13.2 Å². The fourth-order valence-electron chi connectivity index (χ4n) is 3.73. The third kappa shape index (κ3) is 3.48. The smallest absolute Gasteiger partial charge is 0.254 e. The molecular formula is C23H24N2O3. The van der Waals surface area contributed by atoms with Crippen molar-refractivity contribution in [2.75, 3.05) is 12.3 Å². The van der Waals surface area contributed by atoms with E-state index < -0.39 is 0 Å². The van der Waals surface area contributed by atoms with Crippen LogP contribution in [0.25, 0.3) is 11.1 Å². The SMILES string of the molecule is CCOc1cc(=O)n(C)cc1-c1cc(N)ccc1OC1Cc2ccccc2C1. The van der Waals surface area contributed by atoms with E-state index in [0.717, 1.165) is 29.7 Å². The van der Waals surface area contributed by atoms with Crippen molar-refractivity contribution in [3.05, 3.63) is 76.2 Å². The van der Waals surface area contributed by atoms with Gasteiger partial charge in [0, 0.05) is 49.0 Å². The summed E-state index contributed by atoms with van der Waals surface area (Å²) in [5.74, 6) is 1.28. The van der Waals surface area contributed by atoms with Crippen LogP contribution in [0.3, 0.4) is 0 Å². The lowest BCUT2D eigenvalue weighted by Gasteiger charge is -2.19. The van der Waals surface area contributed by atoms with E-state index in [1.165, 1.54) is 21.8 Å². The average Bonchev–Trinajstić information content (AvgIpc) is 3.08. The highest BCUT2D eigenvalue weighted by atomic mass is 16.5. The Hall–Kier alpha value is -3.21. The Morgan fingerprint density at radius 2 is 1.75 bits per heavy atom. The second-order valence-corrected chi connectivity index (χ2v) is 7.11. The average molecular weight is 376 g/mol. The molecule has 2 aromatic carbocycles. The van der Waals surface area contributed by atoms with Gasteiger partial charge >= 0.3 is 0 Å². The summed E-state index contributed by atoms with van der Waals surface area (Å²) in [4.78, 5) is 12.1. The number of benzene rings is 2. The number of aromatic nitrogens is 1. The minimum atomic E-state index is -0.121. The summed E-state index contributed by atoms with van der Waals surface area (Å²) in [5.41, 5.74) is 10.9. The highest BCUT2D eigenvalue weighted by Gasteiger charge is 2.24. The minimum absolute atomic E-state index is 0.0721. The van der Waals surface area contributed by atoms with Gasteiger partial charge < -0.3 is 19.8 Å². The number of rotatable bonds is 5. The highest BCUT2D eigenvalue weighted by Crippen LogP contribution is 2.38. The maximum absolute atomic E-state index is 12.1. The molecule has 0 spiro atoms. The summed E-state index contributed by atoms with van der Waals surface area (Å²) in [5, 5.41) is 0. The molecule has 0 aliphatic heterocycles. The monoisotopic (exact) mass is 376 g/mol. The zero-order valence-corrected chi connectivity index (χ0v) is 16.1. The molecule has 0 fully saturated rings. The first-order valence-electron chi connectivity index (χ1n) is 9.52. The van der Waals surface area contributed by atoms with Gasteiger partial charge in [0.1, 0.15) is 17.6 Å². The van der Waals surface area contributed by atoms with E-state index in [4.69, 9.17) is 15.2 Å². The first-order chi connectivity index (χ1) is 13.5. The predicted molar refractivity (Wildman–Crippen MR) is 111 cm³/mol. The number of hydrogen-bond donors (Lipinski definition) is 1. The van der Waals surface area contributed by atoms with Crippen LogP contribution in [0.1, 0.15) is 18.1 Å². The van der Waals surface area contributed by atoms with Crippen LogP contribution in [0.5, 0.6) is 11.5 Å². The maximum Gasteiger partial charge on any atom is 0.254 e. The van der Waals surface area contributed by atoms with Gasteiger partial charge in [0.2, 0.25) is 0 Å². The summed E-state index contributed by atoms with van der Waals surface area (Å²) >= 11 is 0. The summed E-state index contributed by atoms with van der Waals surface area (Å²) in [7, 11) is 1.72. The van der Waals surface area contributed by atoms with Gasteiger partial charge in [0.15, 0.2) is 0 Å². The molecule has 0 radical (unpaired) electrons. The number of nitrogens with two attached hydrogens (primary N) is 1. The zero-order chi connectivity index (χ0) is 19.7. The van der Waals surface area contributed by atoms with Gasteiger partial charge in [0.25, 0.3) is 5.56 Å². The lowest BCUT2D eigenvalue weighted by Crippen LogP contribution is -2.18. The van der Waals surface area contributed by atoms with Crippen LogP contribution >= 0.6 is 0 Å². The molecule has 1 heterocycles. The molecule has 0 saturated heterocycles. The van der Waals surface area contributed by atoms with Gasteiger partial charge in [-0.1, -0.05) is 24.3 Å². The van der Waals surface area contributed by atoms with Crippen LogP contribution in [-0.2, 0) is 19.9 Å². The first-order valence-corrected chi connectivity index (χ1v) is 9.52. The van der Waals surface area contributed by atoms with Gasteiger partial charge in [-0.05, 0) is 36.2 Å². The molecule has 0 unspecified atom stereocenters. The lowest BCUT2D eigenvalue weighted by molar-refractivity contribution is 0.215. The van der Waals surface area contributed by atoms with Crippen molar-refractivity contribution < 1.29 is 9.47 Å². The normalized spacial score (nSPS) is 13.4.